The molecule has 0 atom stereocenters. The van der Waals surface area contributed by atoms with E-state index in [1.807, 2.05) is 22.5 Å². The highest BCUT2D eigenvalue weighted by Gasteiger charge is 2.24. The van der Waals surface area contributed by atoms with Crippen LogP contribution in [0.2, 0.25) is 0 Å². The van der Waals surface area contributed by atoms with Gasteiger partial charge in [0.1, 0.15) is 0 Å². The Bertz CT molecular complexity index is 704. The van der Waals surface area contributed by atoms with Gasteiger partial charge in [0.15, 0.2) is 11.5 Å². The highest BCUT2D eigenvalue weighted by atomic mass is 16.2. The monoisotopic (exact) mass is 299 g/mol. The first kappa shape index (κ1) is 13.5. The maximum absolute atomic E-state index is 12.6. The number of aryl methyl sites for hydroxylation is 3. The first-order valence-corrected chi connectivity index (χ1v) is 8.15. The summed E-state index contributed by atoms with van der Waals surface area (Å²) in [6, 6.07) is 1.99. The number of hydrogen-bond donors (Lipinski definition) is 1. The van der Waals surface area contributed by atoms with Crippen molar-refractivity contribution in [1.82, 2.24) is 19.6 Å². The summed E-state index contributed by atoms with van der Waals surface area (Å²) in [4.78, 5) is 12.6. The van der Waals surface area contributed by atoms with Gasteiger partial charge in [-0.15, -0.1) is 0 Å². The third kappa shape index (κ3) is 2.23. The van der Waals surface area contributed by atoms with Crippen molar-refractivity contribution in [3.05, 3.63) is 28.7 Å². The molecule has 6 nitrogen and oxygen atoms in total. The zero-order valence-electron chi connectivity index (χ0n) is 12.9. The lowest BCUT2D eigenvalue weighted by atomic mass is 9.95. The molecule has 1 amide bonds. The zero-order chi connectivity index (χ0) is 15.1. The molecule has 0 saturated carbocycles. The maximum Gasteiger partial charge on any atom is 0.277 e. The Morgan fingerprint density at radius 2 is 1.95 bits per heavy atom. The van der Waals surface area contributed by atoms with Crippen molar-refractivity contribution < 1.29 is 4.79 Å². The van der Waals surface area contributed by atoms with Crippen LogP contribution >= 0.6 is 0 Å². The SMILES string of the molecule is Cn1nc(C(=O)Nc2cc3n(n2)CCCC3)c2c1CCCC2. The van der Waals surface area contributed by atoms with Crippen LogP contribution in [-0.4, -0.2) is 25.5 Å². The Morgan fingerprint density at radius 3 is 2.82 bits per heavy atom. The molecular formula is C16H21N5O. The molecule has 0 bridgehead atoms. The van der Waals surface area contributed by atoms with Gasteiger partial charge in [0, 0.05) is 36.6 Å². The molecule has 2 aromatic heterocycles. The molecule has 6 heteroatoms. The number of aromatic nitrogens is 4. The standard InChI is InChI=1S/C16H21N5O/c1-20-13-8-3-2-7-12(13)15(19-20)16(22)17-14-10-11-6-4-5-9-21(11)18-14/h10H,2-9H2,1H3,(H,17,18,22). The molecule has 4 rings (SSSR count). The molecular weight excluding hydrogens is 278 g/mol. The van der Waals surface area contributed by atoms with Gasteiger partial charge in [0.25, 0.3) is 5.91 Å². The molecule has 2 aliphatic rings. The molecule has 1 aliphatic carbocycles. The van der Waals surface area contributed by atoms with E-state index in [1.54, 1.807) is 0 Å². The Labute approximate surface area is 129 Å². The number of anilines is 1. The first-order valence-electron chi connectivity index (χ1n) is 8.15. The summed E-state index contributed by atoms with van der Waals surface area (Å²) in [7, 11) is 1.93. The summed E-state index contributed by atoms with van der Waals surface area (Å²) in [6.07, 6.45) is 7.69. The third-order valence-electron chi connectivity index (χ3n) is 4.74. The van der Waals surface area contributed by atoms with E-state index in [2.05, 4.69) is 15.5 Å². The van der Waals surface area contributed by atoms with Crippen molar-refractivity contribution >= 4 is 11.7 Å². The number of hydrogen-bond acceptors (Lipinski definition) is 3. The summed E-state index contributed by atoms with van der Waals surface area (Å²) >= 11 is 0. The van der Waals surface area contributed by atoms with E-state index in [9.17, 15) is 4.79 Å². The second-order valence-corrected chi connectivity index (χ2v) is 6.26. The summed E-state index contributed by atoms with van der Waals surface area (Å²) in [5, 5.41) is 11.9. The molecule has 0 aromatic carbocycles. The minimum absolute atomic E-state index is 0.130. The number of nitrogens with zero attached hydrogens (tertiary/aromatic N) is 4. The fraction of sp³-hybridized carbons (Fsp3) is 0.562. The molecule has 2 aromatic rings. The fourth-order valence-corrected chi connectivity index (χ4v) is 3.61. The van der Waals surface area contributed by atoms with Gasteiger partial charge < -0.3 is 5.32 Å². The second-order valence-electron chi connectivity index (χ2n) is 6.26. The average Bonchev–Trinajstić information content (AvgIpc) is 3.08. The van der Waals surface area contributed by atoms with Crippen molar-refractivity contribution in [2.24, 2.45) is 7.05 Å². The molecule has 22 heavy (non-hydrogen) atoms. The van der Waals surface area contributed by atoms with Crippen LogP contribution in [0, 0.1) is 0 Å². The van der Waals surface area contributed by atoms with Crippen LogP contribution in [0.5, 0.6) is 0 Å². The number of amides is 1. The minimum Gasteiger partial charge on any atom is -0.304 e. The zero-order valence-corrected chi connectivity index (χ0v) is 12.9. The molecule has 0 unspecified atom stereocenters. The van der Waals surface area contributed by atoms with Gasteiger partial charge in [0.05, 0.1) is 0 Å². The van der Waals surface area contributed by atoms with Gasteiger partial charge in [-0.2, -0.15) is 10.2 Å². The quantitative estimate of drug-likeness (QED) is 0.923. The normalized spacial score (nSPS) is 17.0. The Kier molecular flexibility index (Phi) is 3.24. The third-order valence-corrected chi connectivity index (χ3v) is 4.74. The van der Waals surface area contributed by atoms with Crippen LogP contribution in [-0.2, 0) is 32.9 Å². The molecule has 1 aliphatic heterocycles. The van der Waals surface area contributed by atoms with E-state index >= 15 is 0 Å². The summed E-state index contributed by atoms with van der Waals surface area (Å²) in [6.45, 7) is 0.949. The number of carbonyl (C=O) groups excluding carboxylic acids is 1. The molecule has 116 valence electrons. The fourth-order valence-electron chi connectivity index (χ4n) is 3.61. The van der Waals surface area contributed by atoms with Crippen molar-refractivity contribution in [2.45, 2.75) is 51.5 Å². The van der Waals surface area contributed by atoms with Gasteiger partial charge in [-0.1, -0.05) is 0 Å². The summed E-state index contributed by atoms with van der Waals surface area (Å²) in [5.41, 5.74) is 4.11. The highest BCUT2D eigenvalue weighted by Crippen LogP contribution is 2.25. The minimum atomic E-state index is -0.130. The van der Waals surface area contributed by atoms with Crippen LogP contribution in [0.4, 0.5) is 5.82 Å². The molecule has 1 N–H and O–H groups in total. The Morgan fingerprint density at radius 1 is 1.14 bits per heavy atom. The number of nitrogens with one attached hydrogen (secondary N) is 1. The van der Waals surface area contributed by atoms with Gasteiger partial charge in [-0.25, -0.2) is 0 Å². The van der Waals surface area contributed by atoms with Crippen LogP contribution in [0.25, 0.3) is 0 Å². The van der Waals surface area contributed by atoms with Crippen molar-refractivity contribution in [2.75, 3.05) is 5.32 Å². The van der Waals surface area contributed by atoms with E-state index in [-0.39, 0.29) is 5.91 Å². The van der Waals surface area contributed by atoms with E-state index in [4.69, 9.17) is 0 Å². The average molecular weight is 299 g/mol. The van der Waals surface area contributed by atoms with Gasteiger partial charge in [-0.05, 0) is 44.9 Å². The lowest BCUT2D eigenvalue weighted by Crippen LogP contribution is -2.16. The van der Waals surface area contributed by atoms with Crippen LogP contribution in [0.15, 0.2) is 6.07 Å². The lowest BCUT2D eigenvalue weighted by molar-refractivity contribution is 0.102. The molecule has 0 spiro atoms. The van der Waals surface area contributed by atoms with E-state index in [0.29, 0.717) is 11.5 Å². The predicted molar refractivity (Wildman–Crippen MR) is 83.0 cm³/mol. The molecule has 0 fully saturated rings. The molecule has 3 heterocycles. The van der Waals surface area contributed by atoms with Gasteiger partial charge >= 0.3 is 0 Å². The first-order chi connectivity index (χ1) is 10.7. The van der Waals surface area contributed by atoms with Crippen LogP contribution in [0.1, 0.15) is 53.1 Å². The van der Waals surface area contributed by atoms with Crippen molar-refractivity contribution in [3.63, 3.8) is 0 Å². The van der Waals surface area contributed by atoms with Gasteiger partial charge in [-0.3, -0.25) is 14.2 Å². The highest BCUT2D eigenvalue weighted by molar-refractivity contribution is 6.03. The van der Waals surface area contributed by atoms with E-state index in [0.717, 1.165) is 44.2 Å². The number of carbonyl (C=O) groups is 1. The van der Waals surface area contributed by atoms with E-state index < -0.39 is 0 Å². The largest absolute Gasteiger partial charge is 0.304 e. The van der Waals surface area contributed by atoms with E-state index in [1.165, 1.54) is 24.2 Å². The number of fused-ring (bicyclic) bond motifs is 2. The summed E-state index contributed by atoms with van der Waals surface area (Å²) < 4.78 is 3.87. The van der Waals surface area contributed by atoms with Gasteiger partial charge in [0.2, 0.25) is 0 Å². The van der Waals surface area contributed by atoms with Crippen molar-refractivity contribution in [3.8, 4) is 0 Å². The Hall–Kier alpha value is -2.11. The smallest absolute Gasteiger partial charge is 0.277 e. The predicted octanol–water partition coefficient (Wildman–Crippen LogP) is 2.08. The Balaban J connectivity index is 1.58. The second kappa shape index (κ2) is 5.26. The number of rotatable bonds is 2. The van der Waals surface area contributed by atoms with Crippen LogP contribution in [0.3, 0.4) is 0 Å². The maximum atomic E-state index is 12.6. The summed E-state index contributed by atoms with van der Waals surface area (Å²) in [5.74, 6) is 0.520. The topological polar surface area (TPSA) is 64.7 Å². The molecule has 0 radical (unpaired) electrons. The molecule has 0 saturated heterocycles. The van der Waals surface area contributed by atoms with Crippen LogP contribution < -0.4 is 5.32 Å². The van der Waals surface area contributed by atoms with Crippen molar-refractivity contribution in [1.29, 1.82) is 0 Å². The lowest BCUT2D eigenvalue weighted by Gasteiger charge is -2.12.